The Bertz CT molecular complexity index is 1480. The molecule has 1 saturated heterocycles. The van der Waals surface area contributed by atoms with Gasteiger partial charge in [0.1, 0.15) is 12.4 Å². The molecule has 2 fully saturated rings. The van der Waals surface area contributed by atoms with Crippen molar-refractivity contribution in [2.75, 3.05) is 26.2 Å². The maximum atomic E-state index is 12.6. The summed E-state index contributed by atoms with van der Waals surface area (Å²) in [6, 6.07) is 13.6. The molecule has 4 aliphatic rings. The molecule has 2 aromatic rings. The van der Waals surface area contributed by atoms with Crippen LogP contribution in [0.15, 0.2) is 95.1 Å². The van der Waals surface area contributed by atoms with Crippen LogP contribution in [-0.4, -0.2) is 43.1 Å². The highest BCUT2D eigenvalue weighted by Gasteiger charge is 2.45. The number of ether oxygens (including phenoxy) is 2. The number of aliphatic imine (C=N–C) groups is 1. The fourth-order valence-electron chi connectivity index (χ4n) is 6.02. The molecule has 1 heterocycles. The van der Waals surface area contributed by atoms with E-state index in [0.717, 1.165) is 53.4 Å². The fourth-order valence-corrected chi connectivity index (χ4v) is 6.02. The zero-order chi connectivity index (χ0) is 29.1. The Labute approximate surface area is 248 Å². The number of allylic oxidation sites excluding steroid dienone is 8. The van der Waals surface area contributed by atoms with Gasteiger partial charge in [-0.1, -0.05) is 42.0 Å². The van der Waals surface area contributed by atoms with Crippen molar-refractivity contribution in [3.8, 4) is 0 Å². The first-order valence-electron chi connectivity index (χ1n) is 15.1. The molecule has 3 N–H and O–H groups in total. The molecule has 3 aliphatic carbocycles. The molecule has 218 valence electrons. The van der Waals surface area contributed by atoms with E-state index in [-0.39, 0.29) is 11.9 Å². The van der Waals surface area contributed by atoms with E-state index in [1.54, 1.807) is 12.1 Å². The van der Waals surface area contributed by atoms with Crippen LogP contribution in [0.25, 0.3) is 0 Å². The maximum Gasteiger partial charge on any atom is 0.343 e. The second-order valence-corrected chi connectivity index (χ2v) is 11.8. The van der Waals surface area contributed by atoms with E-state index >= 15 is 0 Å². The van der Waals surface area contributed by atoms with E-state index in [0.29, 0.717) is 35.5 Å². The van der Waals surface area contributed by atoms with E-state index in [9.17, 15) is 4.79 Å². The number of benzene rings is 2. The Morgan fingerprint density at radius 1 is 1.05 bits per heavy atom. The Morgan fingerprint density at radius 3 is 2.64 bits per heavy atom. The molecule has 1 saturated carbocycles. The average Bonchev–Trinajstić information content (AvgIpc) is 3.63. The SMILES string of the molecule is Cc1ccc(C(=O)OC2=CC=CC(c3ccc(N=C(N)NC4=CC=C(OCCN5CCCC5)C5CC45)c(C)c3)C2)cc1. The van der Waals surface area contributed by atoms with Gasteiger partial charge in [-0.3, -0.25) is 4.90 Å². The van der Waals surface area contributed by atoms with Crippen LogP contribution < -0.4 is 11.1 Å². The quantitative estimate of drug-likeness (QED) is 0.216. The van der Waals surface area contributed by atoms with Gasteiger partial charge in [0.15, 0.2) is 5.96 Å². The second-order valence-electron chi connectivity index (χ2n) is 11.8. The third-order valence-corrected chi connectivity index (χ3v) is 8.58. The number of carbonyl (C=O) groups is 1. The van der Waals surface area contributed by atoms with Crippen LogP contribution >= 0.6 is 0 Å². The van der Waals surface area contributed by atoms with Gasteiger partial charge in [0.25, 0.3) is 0 Å². The minimum absolute atomic E-state index is 0.112. The number of fused-ring (bicyclic) bond motifs is 1. The van der Waals surface area contributed by atoms with Gasteiger partial charge < -0.3 is 20.5 Å². The summed E-state index contributed by atoms with van der Waals surface area (Å²) in [5, 5.41) is 3.34. The van der Waals surface area contributed by atoms with Crippen LogP contribution in [0.3, 0.4) is 0 Å². The monoisotopic (exact) mass is 564 g/mol. The van der Waals surface area contributed by atoms with Crippen LogP contribution in [0.4, 0.5) is 5.69 Å². The molecule has 0 aromatic heterocycles. The molecule has 3 unspecified atom stereocenters. The number of nitrogens with zero attached hydrogens (tertiary/aromatic N) is 2. The summed E-state index contributed by atoms with van der Waals surface area (Å²) in [7, 11) is 0. The number of likely N-dealkylation sites (tertiary alicyclic amines) is 1. The van der Waals surface area contributed by atoms with Crippen molar-refractivity contribution < 1.29 is 14.3 Å². The number of rotatable bonds is 9. The third kappa shape index (κ3) is 6.68. The Kier molecular flexibility index (Phi) is 8.29. The molecule has 2 aromatic carbocycles. The van der Waals surface area contributed by atoms with Crippen molar-refractivity contribution in [2.45, 2.75) is 45.4 Å². The van der Waals surface area contributed by atoms with E-state index in [2.05, 4.69) is 45.6 Å². The van der Waals surface area contributed by atoms with Gasteiger partial charge in [-0.2, -0.15) is 0 Å². The summed E-state index contributed by atoms with van der Waals surface area (Å²) in [6.07, 6.45) is 14.5. The highest BCUT2D eigenvalue weighted by Crippen LogP contribution is 2.50. The lowest BCUT2D eigenvalue weighted by Gasteiger charge is -2.20. The molecule has 42 heavy (non-hydrogen) atoms. The average molecular weight is 565 g/mol. The van der Waals surface area contributed by atoms with Gasteiger partial charge in [0, 0.05) is 36.4 Å². The van der Waals surface area contributed by atoms with Gasteiger partial charge in [-0.25, -0.2) is 9.79 Å². The molecule has 0 bridgehead atoms. The summed E-state index contributed by atoms with van der Waals surface area (Å²) < 4.78 is 11.8. The smallest absolute Gasteiger partial charge is 0.343 e. The second kappa shape index (κ2) is 12.4. The van der Waals surface area contributed by atoms with Crippen LogP contribution in [0.5, 0.6) is 0 Å². The largest absolute Gasteiger partial charge is 0.496 e. The lowest BCUT2D eigenvalue weighted by molar-refractivity contribution is 0.0611. The normalized spacial score (nSPS) is 23.4. The third-order valence-electron chi connectivity index (χ3n) is 8.58. The lowest BCUT2D eigenvalue weighted by Crippen LogP contribution is -2.32. The van der Waals surface area contributed by atoms with Crippen molar-refractivity contribution in [2.24, 2.45) is 22.6 Å². The number of hydrogen-bond acceptors (Lipinski definition) is 5. The summed E-state index contributed by atoms with van der Waals surface area (Å²) in [4.78, 5) is 19.8. The highest BCUT2D eigenvalue weighted by molar-refractivity contribution is 5.90. The molecule has 0 amide bonds. The summed E-state index contributed by atoms with van der Waals surface area (Å²) in [5.74, 6) is 2.81. The van der Waals surface area contributed by atoms with Crippen molar-refractivity contribution >= 4 is 17.6 Å². The molecular weight excluding hydrogens is 524 g/mol. The van der Waals surface area contributed by atoms with Crippen molar-refractivity contribution in [3.05, 3.63) is 112 Å². The standard InChI is InChI=1S/C35H40N4O3/c1-23-8-10-25(11-9-23)34(40)42-28-7-5-6-26(21-28)27-12-13-31(24(2)20-27)37-35(36)38-32-14-15-33(30-22-29(30)32)41-19-18-39-16-3-4-17-39/h5-15,20,26,29-30H,3-4,16-19,21-22H2,1-2H3,(H3,36,37,38). The van der Waals surface area contributed by atoms with Crippen LogP contribution in [0, 0.1) is 25.7 Å². The minimum Gasteiger partial charge on any atom is -0.496 e. The van der Waals surface area contributed by atoms with Gasteiger partial charge in [0.05, 0.1) is 17.0 Å². The number of aryl methyl sites for hydroxylation is 2. The zero-order valence-corrected chi connectivity index (χ0v) is 24.5. The summed E-state index contributed by atoms with van der Waals surface area (Å²) >= 11 is 0. The van der Waals surface area contributed by atoms with Crippen molar-refractivity contribution in [1.29, 1.82) is 0 Å². The first-order chi connectivity index (χ1) is 20.4. The topological polar surface area (TPSA) is 89.2 Å². The van der Waals surface area contributed by atoms with E-state index in [1.807, 2.05) is 44.2 Å². The molecular formula is C35H40N4O3. The van der Waals surface area contributed by atoms with Crippen LogP contribution in [-0.2, 0) is 9.47 Å². The first-order valence-corrected chi connectivity index (χ1v) is 15.1. The molecule has 6 rings (SSSR count). The number of nitrogens with one attached hydrogen (secondary N) is 1. The number of hydrogen-bond donors (Lipinski definition) is 2. The van der Waals surface area contributed by atoms with E-state index < -0.39 is 0 Å². The van der Waals surface area contributed by atoms with Gasteiger partial charge in [-0.05, 0) is 93.8 Å². The maximum absolute atomic E-state index is 12.6. The van der Waals surface area contributed by atoms with Crippen LogP contribution in [0.1, 0.15) is 58.6 Å². The predicted molar refractivity (Wildman–Crippen MR) is 166 cm³/mol. The zero-order valence-electron chi connectivity index (χ0n) is 24.5. The van der Waals surface area contributed by atoms with Gasteiger partial charge in [0.2, 0.25) is 0 Å². The highest BCUT2D eigenvalue weighted by atomic mass is 16.5. The summed E-state index contributed by atoms with van der Waals surface area (Å²) in [5.41, 5.74) is 12.1. The van der Waals surface area contributed by atoms with E-state index in [4.69, 9.17) is 15.2 Å². The molecule has 1 aliphatic heterocycles. The van der Waals surface area contributed by atoms with Crippen LogP contribution in [0.2, 0.25) is 0 Å². The lowest BCUT2D eigenvalue weighted by atomic mass is 9.90. The molecule has 3 atom stereocenters. The van der Waals surface area contributed by atoms with Gasteiger partial charge in [-0.15, -0.1) is 0 Å². The number of esters is 1. The Balaban J connectivity index is 1.03. The minimum atomic E-state index is -0.332. The molecule has 0 radical (unpaired) electrons. The fraction of sp³-hybridized carbons (Fsp3) is 0.371. The first kappa shape index (κ1) is 28.0. The van der Waals surface area contributed by atoms with E-state index in [1.165, 1.54) is 25.9 Å². The Hall–Kier alpha value is -4.10. The molecule has 7 nitrogen and oxygen atoms in total. The molecule has 0 spiro atoms. The molecule has 7 heteroatoms. The number of guanidine groups is 1. The van der Waals surface area contributed by atoms with Crippen molar-refractivity contribution in [3.63, 3.8) is 0 Å². The number of carbonyl (C=O) groups excluding carboxylic acids is 1. The summed E-state index contributed by atoms with van der Waals surface area (Å²) in [6.45, 7) is 8.21. The number of nitrogens with two attached hydrogens (primary N) is 1. The van der Waals surface area contributed by atoms with Gasteiger partial charge >= 0.3 is 5.97 Å². The Morgan fingerprint density at radius 2 is 1.86 bits per heavy atom. The predicted octanol–water partition coefficient (Wildman–Crippen LogP) is 6.15. The van der Waals surface area contributed by atoms with Crippen molar-refractivity contribution in [1.82, 2.24) is 10.2 Å².